The van der Waals surface area contributed by atoms with Gasteiger partial charge in [-0.05, 0) is 18.7 Å². The van der Waals surface area contributed by atoms with Crippen LogP contribution in [-0.2, 0) is 9.68 Å². The second kappa shape index (κ2) is 2.86. The Balaban J connectivity index is 2.48. The van der Waals surface area contributed by atoms with Crippen LogP contribution in [0, 0.1) is 0 Å². The minimum Gasteiger partial charge on any atom is -0.168 e. The summed E-state index contributed by atoms with van der Waals surface area (Å²) >= 11 is 0. The van der Waals surface area contributed by atoms with E-state index >= 15 is 0 Å². The van der Waals surface area contributed by atoms with Crippen LogP contribution < -0.4 is 0 Å². The van der Waals surface area contributed by atoms with Gasteiger partial charge in [0.2, 0.25) is 0 Å². The molecule has 1 fully saturated rings. The van der Waals surface area contributed by atoms with Crippen molar-refractivity contribution in [3.8, 4) is 0 Å². The van der Waals surface area contributed by atoms with Crippen LogP contribution in [0.5, 0.6) is 0 Å². The molecule has 1 aliphatic rings. The van der Waals surface area contributed by atoms with Crippen LogP contribution in [0.15, 0.2) is 0 Å². The van der Waals surface area contributed by atoms with Gasteiger partial charge in [0.25, 0.3) is 0 Å². The third-order valence-electron chi connectivity index (χ3n) is 1.92. The lowest BCUT2D eigenvalue weighted by molar-refractivity contribution is -1.25. The van der Waals surface area contributed by atoms with Gasteiger partial charge in [-0.25, -0.2) is 0 Å². The standard InChI is InChI=1S/C7H16NO2/c1-7(2)8(3)9-5-4-6-10-8/h7H,4-6H2,1-3H3/q+1. The molecule has 0 radical (unpaired) electrons. The Labute approximate surface area is 62.0 Å². The normalized spacial score (nSPS) is 25.2. The molecule has 0 spiro atoms. The maximum atomic E-state index is 5.44. The molecule has 0 aromatic carbocycles. The molecule has 0 bridgehead atoms. The summed E-state index contributed by atoms with van der Waals surface area (Å²) in [6.07, 6.45) is 1.01. The smallest absolute Gasteiger partial charge is 0.146 e. The van der Waals surface area contributed by atoms with Crippen molar-refractivity contribution in [2.75, 3.05) is 20.3 Å². The van der Waals surface area contributed by atoms with Gasteiger partial charge in [0.15, 0.2) is 0 Å². The molecule has 1 heterocycles. The fourth-order valence-electron chi connectivity index (χ4n) is 0.886. The summed E-state index contributed by atoms with van der Waals surface area (Å²) in [5, 5.41) is 0. The topological polar surface area (TPSA) is 18.5 Å². The highest BCUT2D eigenvalue weighted by Crippen LogP contribution is 2.16. The average Bonchev–Trinajstić information content (AvgIpc) is 1.89. The van der Waals surface area contributed by atoms with E-state index in [4.69, 9.17) is 9.68 Å². The van der Waals surface area contributed by atoms with Crippen molar-refractivity contribution >= 4 is 0 Å². The number of quaternary nitrogens is 1. The van der Waals surface area contributed by atoms with Crippen molar-refractivity contribution in [2.24, 2.45) is 0 Å². The molecule has 0 atom stereocenters. The van der Waals surface area contributed by atoms with Crippen molar-refractivity contribution in [1.82, 2.24) is 0 Å². The van der Waals surface area contributed by atoms with Gasteiger partial charge < -0.3 is 0 Å². The van der Waals surface area contributed by atoms with Crippen molar-refractivity contribution in [2.45, 2.75) is 26.3 Å². The predicted octanol–water partition coefficient (Wildman–Crippen LogP) is 1.11. The largest absolute Gasteiger partial charge is 0.168 e. The molecule has 0 aromatic heterocycles. The quantitative estimate of drug-likeness (QED) is 0.516. The zero-order chi connectivity index (χ0) is 7.61. The fourth-order valence-corrected chi connectivity index (χ4v) is 0.886. The van der Waals surface area contributed by atoms with E-state index in [1.54, 1.807) is 0 Å². The van der Waals surface area contributed by atoms with Crippen LogP contribution in [0.25, 0.3) is 0 Å². The average molecular weight is 146 g/mol. The Bertz CT molecular complexity index is 108. The van der Waals surface area contributed by atoms with Crippen LogP contribution in [0.1, 0.15) is 20.3 Å². The molecule has 0 amide bonds. The minimum atomic E-state index is 0.306. The van der Waals surface area contributed by atoms with Gasteiger partial charge in [-0.2, -0.15) is 9.68 Å². The van der Waals surface area contributed by atoms with Gasteiger partial charge in [0.1, 0.15) is 26.3 Å². The van der Waals surface area contributed by atoms with Gasteiger partial charge in [0, 0.05) is 6.42 Å². The van der Waals surface area contributed by atoms with Gasteiger partial charge in [-0.1, -0.05) is 0 Å². The van der Waals surface area contributed by atoms with E-state index in [1.807, 2.05) is 7.05 Å². The molecular weight excluding hydrogens is 130 g/mol. The first-order valence-corrected chi connectivity index (χ1v) is 3.80. The van der Waals surface area contributed by atoms with E-state index in [-0.39, 0.29) is 0 Å². The lowest BCUT2D eigenvalue weighted by Gasteiger charge is -2.34. The molecule has 0 aromatic rings. The van der Waals surface area contributed by atoms with Crippen molar-refractivity contribution < 1.29 is 14.5 Å². The monoisotopic (exact) mass is 146 g/mol. The zero-order valence-corrected chi connectivity index (χ0v) is 6.96. The van der Waals surface area contributed by atoms with E-state index in [1.165, 1.54) is 0 Å². The summed E-state index contributed by atoms with van der Waals surface area (Å²) in [4.78, 5) is 11.2. The predicted molar refractivity (Wildman–Crippen MR) is 37.8 cm³/mol. The Hall–Kier alpha value is -0.120. The summed E-state index contributed by atoms with van der Waals surface area (Å²) < 4.78 is 0. The van der Waals surface area contributed by atoms with Gasteiger partial charge >= 0.3 is 0 Å². The molecule has 10 heavy (non-hydrogen) atoms. The first kappa shape index (κ1) is 7.98. The number of rotatable bonds is 1. The first-order valence-electron chi connectivity index (χ1n) is 3.80. The molecule has 3 nitrogen and oxygen atoms in total. The van der Waals surface area contributed by atoms with Crippen molar-refractivity contribution in [3.05, 3.63) is 0 Å². The second-order valence-electron chi connectivity index (χ2n) is 3.02. The van der Waals surface area contributed by atoms with Gasteiger partial charge in [-0.3, -0.25) is 0 Å². The van der Waals surface area contributed by atoms with Crippen LogP contribution in [0.4, 0.5) is 0 Å². The SMILES string of the molecule is CC(C)[N+]1(C)OCCCO1. The van der Waals surface area contributed by atoms with Crippen molar-refractivity contribution in [1.29, 1.82) is 0 Å². The van der Waals surface area contributed by atoms with Gasteiger partial charge in [0.05, 0.1) is 0 Å². The molecule has 0 unspecified atom stereocenters. The summed E-state index contributed by atoms with van der Waals surface area (Å²) in [7, 11) is 1.95. The highest BCUT2D eigenvalue weighted by molar-refractivity contribution is 4.35. The van der Waals surface area contributed by atoms with E-state index in [2.05, 4.69) is 13.8 Å². The van der Waals surface area contributed by atoms with Crippen molar-refractivity contribution in [3.63, 3.8) is 0 Å². The Morgan fingerprint density at radius 1 is 1.20 bits per heavy atom. The maximum Gasteiger partial charge on any atom is 0.146 e. The fraction of sp³-hybridized carbons (Fsp3) is 1.00. The third kappa shape index (κ3) is 1.48. The van der Waals surface area contributed by atoms with E-state index < -0.39 is 0 Å². The molecule has 3 heteroatoms. The third-order valence-corrected chi connectivity index (χ3v) is 1.92. The maximum absolute atomic E-state index is 5.44. The molecular formula is C7H16NO2+. The lowest BCUT2D eigenvalue weighted by Crippen LogP contribution is -2.52. The highest BCUT2D eigenvalue weighted by atomic mass is 17.0. The van der Waals surface area contributed by atoms with Crippen LogP contribution in [-0.4, -0.2) is 31.1 Å². The van der Waals surface area contributed by atoms with E-state index in [0.29, 0.717) is 10.9 Å². The number of hydrogen-bond acceptors (Lipinski definition) is 2. The Kier molecular flexibility index (Phi) is 2.28. The molecule has 0 saturated carbocycles. The summed E-state index contributed by atoms with van der Waals surface area (Å²) in [5.74, 6) is 0. The molecule has 0 aliphatic carbocycles. The van der Waals surface area contributed by atoms with Crippen LogP contribution >= 0.6 is 0 Å². The molecule has 0 N–H and O–H groups in total. The second-order valence-corrected chi connectivity index (χ2v) is 3.02. The molecule has 60 valence electrons. The summed E-state index contributed by atoms with van der Waals surface area (Å²) in [6, 6.07) is 0.375. The Morgan fingerprint density at radius 3 is 2.00 bits per heavy atom. The molecule has 1 aliphatic heterocycles. The molecule has 1 saturated heterocycles. The zero-order valence-electron chi connectivity index (χ0n) is 6.96. The number of hydroxylamine groups is 4. The molecule has 1 rings (SSSR count). The summed E-state index contributed by atoms with van der Waals surface area (Å²) in [5.41, 5.74) is 0. The number of nitrogens with zero attached hydrogens (tertiary/aromatic N) is 1. The highest BCUT2D eigenvalue weighted by Gasteiger charge is 2.33. The van der Waals surface area contributed by atoms with E-state index in [0.717, 1.165) is 19.6 Å². The van der Waals surface area contributed by atoms with E-state index in [9.17, 15) is 0 Å². The number of hydrogen-bond donors (Lipinski definition) is 0. The van der Waals surface area contributed by atoms with Crippen LogP contribution in [0.3, 0.4) is 0 Å². The van der Waals surface area contributed by atoms with Gasteiger partial charge in [-0.15, -0.1) is 0 Å². The Morgan fingerprint density at radius 2 is 1.70 bits per heavy atom. The summed E-state index contributed by atoms with van der Waals surface area (Å²) in [6.45, 7) is 5.81. The minimum absolute atomic E-state index is 0.306. The lowest BCUT2D eigenvalue weighted by atomic mass is 10.4. The first-order chi connectivity index (χ1) is 4.65. The van der Waals surface area contributed by atoms with Crippen LogP contribution in [0.2, 0.25) is 0 Å².